The monoisotopic (exact) mass is 251 g/mol. The number of amides is 1. The van der Waals surface area contributed by atoms with Gasteiger partial charge in [0, 0.05) is 13.1 Å². The molecule has 0 aromatic carbocycles. The van der Waals surface area contributed by atoms with E-state index < -0.39 is 22.1 Å². The van der Waals surface area contributed by atoms with Gasteiger partial charge in [0.05, 0.1) is 5.75 Å². The first-order valence-electron chi connectivity index (χ1n) is 4.87. The average Bonchev–Trinajstić information content (AvgIpc) is 2.10. The first-order chi connectivity index (χ1) is 7.42. The molecule has 0 aliphatic carbocycles. The van der Waals surface area contributed by atoms with Crippen LogP contribution in [0.4, 0.5) is 8.68 Å². The number of nitrogens with zero attached hydrogens (tertiary/aromatic N) is 1. The number of carbonyl (C=O) groups excluding carboxylic acids is 1. The Kier molecular flexibility index (Phi) is 4.28. The Hall–Kier alpha value is -1.11. The summed E-state index contributed by atoms with van der Waals surface area (Å²) in [7, 11) is -4.40. The summed E-state index contributed by atoms with van der Waals surface area (Å²) in [5.41, 5.74) is 0. The molecule has 0 aromatic heterocycles. The number of hydrogen-bond donors (Lipinski definition) is 0. The Morgan fingerprint density at radius 3 is 2.69 bits per heavy atom. The van der Waals surface area contributed by atoms with Gasteiger partial charge in [-0.25, -0.2) is 4.79 Å². The summed E-state index contributed by atoms with van der Waals surface area (Å²) in [6.07, 6.45) is 1.26. The summed E-state index contributed by atoms with van der Waals surface area (Å²) >= 11 is 0. The predicted molar refractivity (Wildman–Crippen MR) is 56.1 cm³/mol. The minimum atomic E-state index is -4.40. The molecular weight excluding hydrogens is 237 g/mol. The van der Waals surface area contributed by atoms with E-state index in [1.54, 1.807) is 0 Å². The molecule has 0 saturated carbocycles. The normalized spacial score (nSPS) is 16.7. The number of likely N-dealkylation sites (tertiary alicyclic amines) is 1. The summed E-state index contributed by atoms with van der Waals surface area (Å²) in [6, 6.07) is 0. The lowest BCUT2D eigenvalue weighted by atomic mass is 9.98. The maximum atomic E-state index is 12.2. The minimum Gasteiger partial charge on any atom is -0.445 e. The van der Waals surface area contributed by atoms with Crippen molar-refractivity contribution in [3.05, 3.63) is 12.7 Å². The van der Waals surface area contributed by atoms with E-state index in [-0.39, 0.29) is 18.9 Å². The molecule has 1 amide bonds. The van der Waals surface area contributed by atoms with Crippen LogP contribution in [0.1, 0.15) is 6.42 Å². The molecule has 1 saturated heterocycles. The third-order valence-electron chi connectivity index (χ3n) is 2.31. The van der Waals surface area contributed by atoms with Crippen LogP contribution < -0.4 is 0 Å². The van der Waals surface area contributed by atoms with Crippen molar-refractivity contribution in [1.82, 2.24) is 4.90 Å². The third kappa shape index (κ3) is 4.18. The molecule has 0 bridgehead atoms. The molecule has 0 N–H and O–H groups in total. The van der Waals surface area contributed by atoms with Crippen molar-refractivity contribution in [1.29, 1.82) is 0 Å². The van der Waals surface area contributed by atoms with Gasteiger partial charge in [-0.05, 0) is 12.3 Å². The van der Waals surface area contributed by atoms with E-state index in [1.165, 1.54) is 11.0 Å². The van der Waals surface area contributed by atoms with Gasteiger partial charge in [-0.2, -0.15) is 8.42 Å². The zero-order chi connectivity index (χ0) is 12.2. The van der Waals surface area contributed by atoms with Gasteiger partial charge in [0.15, 0.2) is 0 Å². The van der Waals surface area contributed by atoms with Gasteiger partial charge in [-0.15, -0.1) is 3.89 Å². The molecule has 1 fully saturated rings. The van der Waals surface area contributed by atoms with E-state index in [9.17, 15) is 17.1 Å². The first kappa shape index (κ1) is 13.0. The maximum absolute atomic E-state index is 12.2. The zero-order valence-corrected chi connectivity index (χ0v) is 9.58. The Bertz CT molecular complexity index is 362. The molecule has 0 atom stereocenters. The summed E-state index contributed by atoms with van der Waals surface area (Å²) in [5, 5.41) is 0. The van der Waals surface area contributed by atoms with Crippen LogP contribution in [0.15, 0.2) is 12.7 Å². The summed E-state index contributed by atoms with van der Waals surface area (Å²) in [4.78, 5) is 12.6. The lowest BCUT2D eigenvalue weighted by Gasteiger charge is -2.38. The molecule has 16 heavy (non-hydrogen) atoms. The van der Waals surface area contributed by atoms with Crippen molar-refractivity contribution in [3.63, 3.8) is 0 Å². The molecule has 0 radical (unpaired) electrons. The Labute approximate surface area is 94.1 Å². The fraction of sp³-hybridized carbons (Fsp3) is 0.667. The van der Waals surface area contributed by atoms with E-state index in [0.717, 1.165) is 0 Å². The quantitative estimate of drug-likeness (QED) is 0.538. The molecular formula is C9H14FNO4S. The molecule has 1 aliphatic heterocycles. The van der Waals surface area contributed by atoms with Crippen molar-refractivity contribution in [3.8, 4) is 0 Å². The van der Waals surface area contributed by atoms with Gasteiger partial charge < -0.3 is 9.64 Å². The molecule has 7 heteroatoms. The van der Waals surface area contributed by atoms with Crippen LogP contribution in [0, 0.1) is 5.92 Å². The lowest BCUT2D eigenvalue weighted by molar-refractivity contribution is 0.0594. The van der Waals surface area contributed by atoms with Crippen LogP contribution in [-0.4, -0.2) is 44.9 Å². The second-order valence-electron chi connectivity index (χ2n) is 3.67. The van der Waals surface area contributed by atoms with E-state index in [1.807, 2.05) is 0 Å². The molecule has 5 nitrogen and oxygen atoms in total. The fourth-order valence-electron chi connectivity index (χ4n) is 1.43. The highest BCUT2D eigenvalue weighted by Gasteiger charge is 2.32. The maximum Gasteiger partial charge on any atom is 0.410 e. The Morgan fingerprint density at radius 2 is 2.19 bits per heavy atom. The number of carbonyl (C=O) groups is 1. The minimum absolute atomic E-state index is 0.0433. The smallest absolute Gasteiger partial charge is 0.410 e. The van der Waals surface area contributed by atoms with E-state index in [4.69, 9.17) is 4.74 Å². The zero-order valence-electron chi connectivity index (χ0n) is 8.76. The van der Waals surface area contributed by atoms with Gasteiger partial charge >= 0.3 is 16.3 Å². The van der Waals surface area contributed by atoms with Crippen molar-refractivity contribution in [2.45, 2.75) is 6.42 Å². The average molecular weight is 251 g/mol. The van der Waals surface area contributed by atoms with Crippen molar-refractivity contribution >= 4 is 16.3 Å². The van der Waals surface area contributed by atoms with E-state index >= 15 is 0 Å². The van der Waals surface area contributed by atoms with Crippen LogP contribution in [0.2, 0.25) is 0 Å². The van der Waals surface area contributed by atoms with E-state index in [2.05, 4.69) is 6.58 Å². The van der Waals surface area contributed by atoms with Crippen LogP contribution in [0.5, 0.6) is 0 Å². The highest BCUT2D eigenvalue weighted by Crippen LogP contribution is 2.20. The van der Waals surface area contributed by atoms with E-state index in [0.29, 0.717) is 13.1 Å². The van der Waals surface area contributed by atoms with Gasteiger partial charge in [0.1, 0.15) is 6.61 Å². The predicted octanol–water partition coefficient (Wildman–Crippen LogP) is 0.930. The standard InChI is InChI=1S/C9H14FNO4S/c1-2-4-15-9(12)11-6-8(7-11)3-5-16(10,13)14/h2,8H,1,3-7H2. The Balaban J connectivity index is 2.17. The fourth-order valence-corrected chi connectivity index (χ4v) is 2.05. The van der Waals surface area contributed by atoms with Gasteiger partial charge in [0.25, 0.3) is 0 Å². The van der Waals surface area contributed by atoms with Crippen LogP contribution in [0.25, 0.3) is 0 Å². The molecule has 0 aromatic rings. The second-order valence-corrected chi connectivity index (χ2v) is 5.15. The first-order valence-corrected chi connectivity index (χ1v) is 6.42. The van der Waals surface area contributed by atoms with Crippen molar-refractivity contribution < 1.29 is 21.8 Å². The topological polar surface area (TPSA) is 63.7 Å². The van der Waals surface area contributed by atoms with Crippen LogP contribution in [0.3, 0.4) is 0 Å². The van der Waals surface area contributed by atoms with Gasteiger partial charge in [0.2, 0.25) is 0 Å². The molecule has 1 aliphatic rings. The molecule has 0 spiro atoms. The SMILES string of the molecule is C=CCOC(=O)N1CC(CCS(=O)(=O)F)C1. The second kappa shape index (κ2) is 5.29. The largest absolute Gasteiger partial charge is 0.445 e. The summed E-state index contributed by atoms with van der Waals surface area (Å²) in [6.45, 7) is 4.40. The van der Waals surface area contributed by atoms with Crippen molar-refractivity contribution in [2.75, 3.05) is 25.4 Å². The van der Waals surface area contributed by atoms with Crippen LogP contribution >= 0.6 is 0 Å². The van der Waals surface area contributed by atoms with Crippen molar-refractivity contribution in [2.24, 2.45) is 5.92 Å². The highest BCUT2D eigenvalue weighted by atomic mass is 32.3. The third-order valence-corrected chi connectivity index (χ3v) is 3.03. The molecule has 0 unspecified atom stereocenters. The number of rotatable bonds is 5. The lowest BCUT2D eigenvalue weighted by Crippen LogP contribution is -2.50. The summed E-state index contributed by atoms with van der Waals surface area (Å²) in [5.74, 6) is -0.436. The highest BCUT2D eigenvalue weighted by molar-refractivity contribution is 7.86. The van der Waals surface area contributed by atoms with Crippen LogP contribution in [-0.2, 0) is 15.0 Å². The summed E-state index contributed by atoms with van der Waals surface area (Å²) < 4.78 is 37.5. The number of ether oxygens (including phenoxy) is 1. The van der Waals surface area contributed by atoms with Gasteiger partial charge in [-0.1, -0.05) is 12.7 Å². The molecule has 1 heterocycles. The van der Waals surface area contributed by atoms with Gasteiger partial charge in [-0.3, -0.25) is 0 Å². The molecule has 92 valence electrons. The number of halogens is 1. The Morgan fingerprint density at radius 1 is 1.56 bits per heavy atom. The molecule has 1 rings (SSSR count). The number of hydrogen-bond acceptors (Lipinski definition) is 4.